The third-order valence-electron chi connectivity index (χ3n) is 2.88. The number of nitrogens with one attached hydrogen (secondary N) is 1. The highest BCUT2D eigenvalue weighted by molar-refractivity contribution is 5.90. The van der Waals surface area contributed by atoms with Crippen molar-refractivity contribution in [1.82, 2.24) is 10.2 Å². The van der Waals surface area contributed by atoms with Crippen LogP contribution in [-0.2, 0) is 6.42 Å². The molecule has 19 heavy (non-hydrogen) atoms. The maximum Gasteiger partial charge on any atom is 0.269 e. The van der Waals surface area contributed by atoms with Crippen molar-refractivity contribution in [3.8, 4) is 0 Å². The third kappa shape index (κ3) is 3.51. The smallest absolute Gasteiger partial charge is 0.269 e. The van der Waals surface area contributed by atoms with Gasteiger partial charge >= 0.3 is 0 Å². The van der Waals surface area contributed by atoms with E-state index < -0.39 is 5.91 Å². The van der Waals surface area contributed by atoms with Gasteiger partial charge in [-0.25, -0.2) is 0 Å². The Morgan fingerprint density at radius 3 is 2.63 bits per heavy atom. The number of nitrogens with zero attached hydrogens (tertiary/aromatic N) is 2. The van der Waals surface area contributed by atoms with Gasteiger partial charge in [-0.1, -0.05) is 24.3 Å². The summed E-state index contributed by atoms with van der Waals surface area (Å²) in [5.41, 5.74) is 7.85. The summed E-state index contributed by atoms with van der Waals surface area (Å²) in [6.45, 7) is 2.85. The third-order valence-corrected chi connectivity index (χ3v) is 2.88. The van der Waals surface area contributed by atoms with E-state index in [1.54, 1.807) is 12.1 Å². The van der Waals surface area contributed by atoms with Crippen LogP contribution in [0.5, 0.6) is 0 Å². The topological polar surface area (TPSA) is 80.9 Å². The van der Waals surface area contributed by atoms with E-state index in [0.29, 0.717) is 5.82 Å². The zero-order valence-corrected chi connectivity index (χ0v) is 10.8. The number of primary amides is 1. The summed E-state index contributed by atoms with van der Waals surface area (Å²) in [5, 5.41) is 10.8. The second kappa shape index (κ2) is 5.95. The fourth-order valence-electron chi connectivity index (χ4n) is 1.77. The van der Waals surface area contributed by atoms with Gasteiger partial charge in [0.25, 0.3) is 5.91 Å². The minimum absolute atomic E-state index is 0.171. The average molecular weight is 256 g/mol. The number of benzene rings is 1. The Morgan fingerprint density at radius 2 is 2.00 bits per heavy atom. The molecule has 2 aromatic rings. The molecule has 0 fully saturated rings. The Balaban J connectivity index is 1.89. The molecule has 0 unspecified atom stereocenters. The largest absolute Gasteiger partial charge is 0.368 e. The van der Waals surface area contributed by atoms with E-state index in [1.165, 1.54) is 11.1 Å². The lowest BCUT2D eigenvalue weighted by Crippen LogP contribution is -2.14. The van der Waals surface area contributed by atoms with Crippen LogP contribution < -0.4 is 11.1 Å². The molecule has 0 aliphatic heterocycles. The molecule has 0 bridgehead atoms. The molecule has 0 saturated heterocycles. The number of amides is 1. The molecule has 5 nitrogen and oxygen atoms in total. The van der Waals surface area contributed by atoms with Gasteiger partial charge in [0, 0.05) is 6.54 Å². The number of rotatable bonds is 5. The zero-order valence-electron chi connectivity index (χ0n) is 10.8. The quantitative estimate of drug-likeness (QED) is 0.850. The number of anilines is 1. The summed E-state index contributed by atoms with van der Waals surface area (Å²) < 4.78 is 0. The maximum absolute atomic E-state index is 10.8. The van der Waals surface area contributed by atoms with Crippen LogP contribution in [0.3, 0.4) is 0 Å². The first-order valence-electron chi connectivity index (χ1n) is 6.09. The standard InChI is InChI=1S/C14H16N4O/c1-10-4-2-3-5-11(10)8-9-16-13-7-6-12(14(15)19)17-18-13/h2-7H,8-9H2,1H3,(H2,15,19)(H,16,18). The fourth-order valence-corrected chi connectivity index (χ4v) is 1.77. The van der Waals surface area contributed by atoms with Crippen LogP contribution in [0.25, 0.3) is 0 Å². The first-order chi connectivity index (χ1) is 9.16. The Hall–Kier alpha value is -2.43. The average Bonchev–Trinajstić information content (AvgIpc) is 2.41. The number of carbonyl (C=O) groups is 1. The number of aryl methyl sites for hydroxylation is 1. The Kier molecular flexibility index (Phi) is 4.07. The first kappa shape index (κ1) is 13.0. The second-order valence-corrected chi connectivity index (χ2v) is 4.27. The van der Waals surface area contributed by atoms with Crippen molar-refractivity contribution in [2.45, 2.75) is 13.3 Å². The van der Waals surface area contributed by atoms with Crippen molar-refractivity contribution in [1.29, 1.82) is 0 Å². The van der Waals surface area contributed by atoms with Crippen LogP contribution in [0.1, 0.15) is 21.6 Å². The molecular weight excluding hydrogens is 240 g/mol. The zero-order chi connectivity index (χ0) is 13.7. The molecule has 0 aliphatic rings. The van der Waals surface area contributed by atoms with E-state index in [-0.39, 0.29) is 5.69 Å². The van der Waals surface area contributed by atoms with Crippen LogP contribution >= 0.6 is 0 Å². The molecule has 1 amide bonds. The van der Waals surface area contributed by atoms with Crippen molar-refractivity contribution in [2.75, 3.05) is 11.9 Å². The van der Waals surface area contributed by atoms with Gasteiger partial charge < -0.3 is 11.1 Å². The van der Waals surface area contributed by atoms with E-state index in [2.05, 4.69) is 34.6 Å². The molecule has 0 atom stereocenters. The summed E-state index contributed by atoms with van der Waals surface area (Å²) >= 11 is 0. The van der Waals surface area contributed by atoms with Crippen molar-refractivity contribution in [3.05, 3.63) is 53.2 Å². The molecule has 2 rings (SSSR count). The number of carbonyl (C=O) groups excluding carboxylic acids is 1. The van der Waals surface area contributed by atoms with Crippen LogP contribution in [0, 0.1) is 6.92 Å². The molecule has 5 heteroatoms. The van der Waals surface area contributed by atoms with Crippen LogP contribution in [0.4, 0.5) is 5.82 Å². The van der Waals surface area contributed by atoms with Gasteiger partial charge in [-0.05, 0) is 36.6 Å². The van der Waals surface area contributed by atoms with E-state index >= 15 is 0 Å². The number of hydrogen-bond acceptors (Lipinski definition) is 4. The molecule has 1 aromatic heterocycles. The normalized spacial score (nSPS) is 10.2. The second-order valence-electron chi connectivity index (χ2n) is 4.27. The van der Waals surface area contributed by atoms with Gasteiger partial charge in [-0.3, -0.25) is 4.79 Å². The van der Waals surface area contributed by atoms with Crippen LogP contribution in [-0.4, -0.2) is 22.6 Å². The highest BCUT2D eigenvalue weighted by Crippen LogP contribution is 2.08. The predicted molar refractivity (Wildman–Crippen MR) is 73.9 cm³/mol. The molecule has 1 aromatic carbocycles. The van der Waals surface area contributed by atoms with Gasteiger partial charge in [-0.15, -0.1) is 10.2 Å². The Labute approximate surface area is 111 Å². The highest BCUT2D eigenvalue weighted by atomic mass is 16.1. The van der Waals surface area contributed by atoms with E-state index in [9.17, 15) is 4.79 Å². The maximum atomic E-state index is 10.8. The molecule has 0 saturated carbocycles. The summed E-state index contributed by atoms with van der Waals surface area (Å²) in [5.74, 6) is 0.0672. The molecule has 3 N–H and O–H groups in total. The Bertz CT molecular complexity index is 566. The lowest BCUT2D eigenvalue weighted by atomic mass is 10.1. The van der Waals surface area contributed by atoms with Crippen LogP contribution in [0.15, 0.2) is 36.4 Å². The number of nitrogens with two attached hydrogens (primary N) is 1. The van der Waals surface area contributed by atoms with Gasteiger partial charge in [0.15, 0.2) is 5.69 Å². The first-order valence-corrected chi connectivity index (χ1v) is 6.09. The van der Waals surface area contributed by atoms with E-state index in [0.717, 1.165) is 13.0 Å². The number of hydrogen-bond donors (Lipinski definition) is 2. The van der Waals surface area contributed by atoms with E-state index in [1.807, 2.05) is 12.1 Å². The molecule has 0 spiro atoms. The molecule has 0 aliphatic carbocycles. The van der Waals surface area contributed by atoms with E-state index in [4.69, 9.17) is 5.73 Å². The monoisotopic (exact) mass is 256 g/mol. The fraction of sp³-hybridized carbons (Fsp3) is 0.214. The SMILES string of the molecule is Cc1ccccc1CCNc1ccc(C(N)=O)nn1. The van der Waals surface area contributed by atoms with Crippen molar-refractivity contribution in [2.24, 2.45) is 5.73 Å². The summed E-state index contributed by atoms with van der Waals surface area (Å²) in [7, 11) is 0. The Morgan fingerprint density at radius 1 is 1.21 bits per heavy atom. The van der Waals surface area contributed by atoms with Gasteiger partial charge in [-0.2, -0.15) is 0 Å². The number of aromatic nitrogens is 2. The minimum atomic E-state index is -0.570. The van der Waals surface area contributed by atoms with Crippen molar-refractivity contribution < 1.29 is 4.79 Å². The molecular formula is C14H16N4O. The van der Waals surface area contributed by atoms with Gasteiger partial charge in [0.2, 0.25) is 0 Å². The lowest BCUT2D eigenvalue weighted by Gasteiger charge is -2.07. The highest BCUT2D eigenvalue weighted by Gasteiger charge is 2.03. The van der Waals surface area contributed by atoms with Crippen molar-refractivity contribution >= 4 is 11.7 Å². The molecule has 1 heterocycles. The van der Waals surface area contributed by atoms with Crippen molar-refractivity contribution in [3.63, 3.8) is 0 Å². The summed E-state index contributed by atoms with van der Waals surface area (Å²) in [4.78, 5) is 10.8. The molecule has 0 radical (unpaired) electrons. The van der Waals surface area contributed by atoms with Gasteiger partial charge in [0.1, 0.15) is 5.82 Å². The van der Waals surface area contributed by atoms with Gasteiger partial charge in [0.05, 0.1) is 0 Å². The minimum Gasteiger partial charge on any atom is -0.368 e. The molecule has 98 valence electrons. The lowest BCUT2D eigenvalue weighted by molar-refractivity contribution is 0.0994. The summed E-state index contributed by atoms with van der Waals surface area (Å²) in [6, 6.07) is 11.5. The summed E-state index contributed by atoms with van der Waals surface area (Å²) in [6.07, 6.45) is 0.909. The van der Waals surface area contributed by atoms with Crippen LogP contribution in [0.2, 0.25) is 0 Å². The predicted octanol–water partition coefficient (Wildman–Crippen LogP) is 1.54.